The van der Waals surface area contributed by atoms with Crippen LogP contribution in [0.25, 0.3) is 0 Å². The van der Waals surface area contributed by atoms with Gasteiger partial charge in [0.05, 0.1) is 13.2 Å². The monoisotopic (exact) mass is 254 g/mol. The first kappa shape index (κ1) is 15.8. The van der Waals surface area contributed by atoms with Crippen LogP contribution in [-0.4, -0.2) is 62.2 Å². The van der Waals surface area contributed by atoms with Crippen LogP contribution in [0, 0.1) is 12.3 Å². The molecule has 0 atom stereocenters. The number of guanidine groups is 1. The summed E-state index contributed by atoms with van der Waals surface area (Å²) in [5.41, 5.74) is 0. The van der Waals surface area contributed by atoms with E-state index >= 15 is 0 Å². The third-order valence-corrected chi connectivity index (χ3v) is 1.78. The lowest BCUT2D eigenvalue weighted by Crippen LogP contribution is -2.43. The van der Waals surface area contributed by atoms with Crippen molar-refractivity contribution in [2.45, 2.75) is 6.92 Å². The maximum Gasteiger partial charge on any atom is 0.416 e. The van der Waals surface area contributed by atoms with Gasteiger partial charge in [-0.2, -0.15) is 4.99 Å². The molecule has 0 aliphatic carbocycles. The third kappa shape index (κ3) is 5.21. The number of urea groups is 1. The van der Waals surface area contributed by atoms with Crippen molar-refractivity contribution in [3.63, 3.8) is 0 Å². The Morgan fingerprint density at radius 2 is 2.00 bits per heavy atom. The Hall–Kier alpha value is -2.23. The number of carbonyl (C=O) groups excluding carboxylic acids is 2. The molecule has 0 aromatic rings. The van der Waals surface area contributed by atoms with Gasteiger partial charge in [0.25, 0.3) is 0 Å². The molecule has 3 amide bonds. The maximum atomic E-state index is 11.5. The molecular formula is C11H18N4O3. The van der Waals surface area contributed by atoms with Crippen LogP contribution in [0.4, 0.5) is 9.59 Å². The molecule has 0 unspecified atom stereocenters. The minimum atomic E-state index is -0.618. The number of nitrogens with one attached hydrogen (secondary N) is 1. The van der Waals surface area contributed by atoms with Crippen LogP contribution in [0.5, 0.6) is 0 Å². The number of ether oxygens (including phenoxy) is 1. The Morgan fingerprint density at radius 1 is 1.39 bits per heavy atom. The zero-order chi connectivity index (χ0) is 14.1. The highest BCUT2D eigenvalue weighted by atomic mass is 16.6. The van der Waals surface area contributed by atoms with Gasteiger partial charge in [0.2, 0.25) is 5.96 Å². The topological polar surface area (TPSA) is 74.2 Å². The molecule has 0 heterocycles. The van der Waals surface area contributed by atoms with Gasteiger partial charge in [0.15, 0.2) is 0 Å². The number of carbonyl (C=O) groups is 2. The van der Waals surface area contributed by atoms with Crippen LogP contribution < -0.4 is 5.32 Å². The Labute approximate surface area is 107 Å². The Balaban J connectivity index is 4.85. The number of nitrogens with zero attached hydrogens (tertiary/aromatic N) is 3. The fraction of sp³-hybridized carbons (Fsp3) is 0.545. The van der Waals surface area contributed by atoms with E-state index < -0.39 is 12.1 Å². The molecule has 7 heteroatoms. The standard InChI is InChI=1S/C11H18N4O3/c1-6-8-12-9(16)13-10(14(3)4)15(5)11(17)18-7-2/h1H,7-8H2,2-5H3,(H,12,16)/b13-10+. The molecule has 0 aliphatic heterocycles. The van der Waals surface area contributed by atoms with Crippen molar-refractivity contribution in [3.8, 4) is 12.3 Å². The molecule has 0 aromatic carbocycles. The largest absolute Gasteiger partial charge is 0.449 e. The predicted molar refractivity (Wildman–Crippen MR) is 68.1 cm³/mol. The second kappa shape index (κ2) is 7.95. The summed E-state index contributed by atoms with van der Waals surface area (Å²) < 4.78 is 4.81. The van der Waals surface area contributed by atoms with E-state index in [1.807, 2.05) is 0 Å². The molecule has 18 heavy (non-hydrogen) atoms. The first-order chi connectivity index (χ1) is 8.43. The fourth-order valence-corrected chi connectivity index (χ4v) is 1.03. The summed E-state index contributed by atoms with van der Waals surface area (Å²) >= 11 is 0. The van der Waals surface area contributed by atoms with E-state index in [4.69, 9.17) is 11.2 Å². The highest BCUT2D eigenvalue weighted by Crippen LogP contribution is 1.97. The van der Waals surface area contributed by atoms with Crippen LogP contribution in [0.2, 0.25) is 0 Å². The van der Waals surface area contributed by atoms with Gasteiger partial charge in [-0.15, -0.1) is 6.42 Å². The molecule has 0 saturated heterocycles. The summed E-state index contributed by atoms with van der Waals surface area (Å²) in [6.07, 6.45) is 4.42. The zero-order valence-electron chi connectivity index (χ0n) is 11.1. The lowest BCUT2D eigenvalue weighted by molar-refractivity contribution is 0.131. The molecule has 0 bridgehead atoms. The first-order valence-corrected chi connectivity index (χ1v) is 5.31. The Bertz CT molecular complexity index is 371. The first-order valence-electron chi connectivity index (χ1n) is 5.31. The second-order valence-electron chi connectivity index (χ2n) is 3.43. The average Bonchev–Trinajstić information content (AvgIpc) is 2.32. The number of amides is 3. The summed E-state index contributed by atoms with van der Waals surface area (Å²) in [6.45, 7) is 2.01. The second-order valence-corrected chi connectivity index (χ2v) is 3.43. The Kier molecular flexibility index (Phi) is 6.96. The Morgan fingerprint density at radius 3 is 2.44 bits per heavy atom. The van der Waals surface area contributed by atoms with Crippen molar-refractivity contribution < 1.29 is 14.3 Å². The normalized spacial score (nSPS) is 10.3. The number of terminal acetylenes is 1. The molecule has 0 saturated carbocycles. The lowest BCUT2D eigenvalue weighted by Gasteiger charge is -2.23. The number of hydrogen-bond acceptors (Lipinski definition) is 3. The number of hydrogen-bond donors (Lipinski definition) is 1. The van der Waals surface area contributed by atoms with Crippen LogP contribution in [0.15, 0.2) is 4.99 Å². The van der Waals surface area contributed by atoms with Gasteiger partial charge < -0.3 is 15.0 Å². The van der Waals surface area contributed by atoms with E-state index in [9.17, 15) is 9.59 Å². The molecule has 0 rings (SSSR count). The summed E-state index contributed by atoms with van der Waals surface area (Å²) in [6, 6.07) is -0.618. The van der Waals surface area contributed by atoms with Gasteiger partial charge in [-0.05, 0) is 6.92 Å². The van der Waals surface area contributed by atoms with E-state index in [0.717, 1.165) is 4.90 Å². The van der Waals surface area contributed by atoms with Crippen molar-refractivity contribution in [3.05, 3.63) is 0 Å². The molecule has 7 nitrogen and oxygen atoms in total. The van der Waals surface area contributed by atoms with Gasteiger partial charge in [-0.3, -0.25) is 4.90 Å². The van der Waals surface area contributed by atoms with E-state index in [0.29, 0.717) is 0 Å². The van der Waals surface area contributed by atoms with E-state index in [1.165, 1.54) is 11.9 Å². The van der Waals surface area contributed by atoms with Gasteiger partial charge in [-0.1, -0.05) is 5.92 Å². The van der Waals surface area contributed by atoms with Crippen molar-refractivity contribution >= 4 is 18.1 Å². The maximum absolute atomic E-state index is 11.5. The van der Waals surface area contributed by atoms with Crippen LogP contribution >= 0.6 is 0 Å². The fourth-order valence-electron chi connectivity index (χ4n) is 1.03. The lowest BCUT2D eigenvalue weighted by atomic mass is 10.6. The van der Waals surface area contributed by atoms with E-state index in [-0.39, 0.29) is 19.1 Å². The molecule has 0 fully saturated rings. The van der Waals surface area contributed by atoms with Crippen LogP contribution in [0.3, 0.4) is 0 Å². The summed E-state index contributed by atoms with van der Waals surface area (Å²) in [5, 5.41) is 2.38. The third-order valence-electron chi connectivity index (χ3n) is 1.78. The molecule has 100 valence electrons. The molecule has 0 aromatic heterocycles. The van der Waals surface area contributed by atoms with Gasteiger partial charge >= 0.3 is 12.1 Å². The molecular weight excluding hydrogens is 236 g/mol. The van der Waals surface area contributed by atoms with E-state index in [1.54, 1.807) is 21.0 Å². The molecule has 1 N–H and O–H groups in total. The highest BCUT2D eigenvalue weighted by molar-refractivity contribution is 5.99. The van der Waals surface area contributed by atoms with Gasteiger partial charge in [0, 0.05) is 21.1 Å². The highest BCUT2D eigenvalue weighted by Gasteiger charge is 2.18. The minimum absolute atomic E-state index is 0.0756. The summed E-state index contributed by atoms with van der Waals surface area (Å²) in [4.78, 5) is 29.3. The SMILES string of the molecule is C#CCNC(=O)/N=C(\N(C)C)N(C)C(=O)OCC. The minimum Gasteiger partial charge on any atom is -0.449 e. The zero-order valence-corrected chi connectivity index (χ0v) is 11.1. The number of aliphatic imine (C=N–C) groups is 1. The van der Waals surface area contributed by atoms with Crippen molar-refractivity contribution in [1.29, 1.82) is 0 Å². The molecule has 0 radical (unpaired) electrons. The van der Waals surface area contributed by atoms with Gasteiger partial charge in [-0.25, -0.2) is 9.59 Å². The summed E-state index contributed by atoms with van der Waals surface area (Å²) in [5.74, 6) is 2.41. The molecule has 0 spiro atoms. The van der Waals surface area contributed by atoms with Crippen molar-refractivity contribution in [1.82, 2.24) is 15.1 Å². The van der Waals surface area contributed by atoms with Crippen LogP contribution in [0.1, 0.15) is 6.92 Å². The predicted octanol–water partition coefficient (Wildman–Crippen LogP) is 0.335. The average molecular weight is 254 g/mol. The summed E-state index contributed by atoms with van der Waals surface area (Å²) in [7, 11) is 4.78. The smallest absolute Gasteiger partial charge is 0.416 e. The quantitative estimate of drug-likeness (QED) is 0.438. The molecule has 0 aliphatic rings. The van der Waals surface area contributed by atoms with Crippen molar-refractivity contribution in [2.24, 2.45) is 4.99 Å². The van der Waals surface area contributed by atoms with Crippen molar-refractivity contribution in [2.75, 3.05) is 34.3 Å². The van der Waals surface area contributed by atoms with Crippen LogP contribution in [-0.2, 0) is 4.74 Å². The van der Waals surface area contributed by atoms with Gasteiger partial charge in [0.1, 0.15) is 0 Å². The number of rotatable bonds is 2. The van der Waals surface area contributed by atoms with E-state index in [2.05, 4.69) is 16.2 Å².